The molecule has 5 nitrogen and oxygen atoms in total. The van der Waals surface area contributed by atoms with Gasteiger partial charge in [0.2, 0.25) is 5.95 Å². The van der Waals surface area contributed by atoms with Gasteiger partial charge in [-0.15, -0.1) is 0 Å². The molecule has 4 rings (SSSR count). The van der Waals surface area contributed by atoms with Crippen LogP contribution in [0, 0.1) is 5.82 Å². The average Bonchev–Trinajstić information content (AvgIpc) is 3.27. The van der Waals surface area contributed by atoms with E-state index in [1.54, 1.807) is 6.07 Å². The van der Waals surface area contributed by atoms with Crippen LogP contribution in [0.25, 0.3) is 22.6 Å². The van der Waals surface area contributed by atoms with E-state index in [1.165, 1.54) is 36.0 Å². The zero-order chi connectivity index (χ0) is 24.1. The highest BCUT2D eigenvalue weighted by atomic mass is 19.4. The van der Waals surface area contributed by atoms with Crippen molar-refractivity contribution < 1.29 is 17.6 Å². The first-order valence-electron chi connectivity index (χ1n) is 11.2. The molecule has 9 heteroatoms. The van der Waals surface area contributed by atoms with Gasteiger partial charge in [0.15, 0.2) is 0 Å². The number of anilines is 1. The number of allylic oxidation sites excluding steroid dienone is 4. The molecule has 0 radical (unpaired) electrons. The highest BCUT2D eigenvalue weighted by Crippen LogP contribution is 2.38. The molecule has 0 spiro atoms. The molecule has 2 aromatic heterocycles. The Morgan fingerprint density at radius 1 is 1.09 bits per heavy atom. The van der Waals surface area contributed by atoms with Crippen LogP contribution in [0.4, 0.5) is 23.5 Å². The number of imidazole rings is 1. The molecule has 0 bridgehead atoms. The molecule has 178 valence electrons. The van der Waals surface area contributed by atoms with Crippen molar-refractivity contribution in [3.63, 3.8) is 0 Å². The van der Waals surface area contributed by atoms with Gasteiger partial charge >= 0.3 is 6.18 Å². The monoisotopic (exact) mass is 471 g/mol. The lowest BCUT2D eigenvalue weighted by atomic mass is 10.0. The van der Waals surface area contributed by atoms with Crippen molar-refractivity contribution in [1.82, 2.24) is 19.5 Å². The fourth-order valence-electron chi connectivity index (χ4n) is 3.81. The number of alkyl halides is 3. The minimum atomic E-state index is -4.48. The Morgan fingerprint density at radius 3 is 2.59 bits per heavy atom. The molecular formula is C25H25F4N5. The Labute approximate surface area is 195 Å². The summed E-state index contributed by atoms with van der Waals surface area (Å²) in [6, 6.07) is 5.18. The molecule has 1 N–H and O–H groups in total. The molecule has 0 fully saturated rings. The lowest BCUT2D eigenvalue weighted by Crippen LogP contribution is -2.24. The van der Waals surface area contributed by atoms with Gasteiger partial charge in [-0.25, -0.2) is 19.3 Å². The van der Waals surface area contributed by atoms with Crippen LogP contribution in [-0.2, 0) is 0 Å². The third-order valence-corrected chi connectivity index (χ3v) is 5.70. The molecule has 1 atom stereocenters. The zero-order valence-corrected chi connectivity index (χ0v) is 18.7. The highest BCUT2D eigenvalue weighted by Gasteiger charge is 2.39. The quantitative estimate of drug-likeness (QED) is 0.292. The van der Waals surface area contributed by atoms with E-state index in [0.717, 1.165) is 43.5 Å². The van der Waals surface area contributed by atoms with E-state index >= 15 is 0 Å². The van der Waals surface area contributed by atoms with E-state index in [9.17, 15) is 17.6 Å². The third-order valence-electron chi connectivity index (χ3n) is 5.70. The standard InChI is InChI=1S/C25H25F4N5/c1-17(25(27,28)29)34-16-32-22(19-9-11-20(26)12-10-19)23(34)21-13-15-31-24(33-21)30-14-5-8-18-6-3-2-4-7-18/h3,6-7,9-13,15-17H,2,4-5,8,14H2,1H3,(H,30,31,33). The maximum absolute atomic E-state index is 13.6. The van der Waals surface area contributed by atoms with E-state index < -0.39 is 18.0 Å². The van der Waals surface area contributed by atoms with Crippen LogP contribution in [-0.4, -0.2) is 32.2 Å². The summed E-state index contributed by atoms with van der Waals surface area (Å²) >= 11 is 0. The maximum atomic E-state index is 13.6. The van der Waals surface area contributed by atoms with Crippen LogP contribution in [0.1, 0.15) is 38.6 Å². The number of hydrogen-bond acceptors (Lipinski definition) is 4. The summed E-state index contributed by atoms with van der Waals surface area (Å²) in [6.45, 7) is 1.69. The van der Waals surface area contributed by atoms with Crippen molar-refractivity contribution in [2.45, 2.75) is 44.8 Å². The summed E-state index contributed by atoms with van der Waals surface area (Å²) in [5, 5.41) is 3.16. The van der Waals surface area contributed by atoms with Crippen LogP contribution in [0.5, 0.6) is 0 Å². The van der Waals surface area contributed by atoms with Gasteiger partial charge in [-0.2, -0.15) is 13.2 Å². The molecule has 0 amide bonds. The summed E-state index contributed by atoms with van der Waals surface area (Å²) in [5.41, 5.74) is 2.57. The topological polar surface area (TPSA) is 55.6 Å². The molecule has 0 saturated heterocycles. The normalized spacial score (nSPS) is 14.7. The summed E-state index contributed by atoms with van der Waals surface area (Å²) in [5.74, 6) is -0.121. The number of hydrogen-bond donors (Lipinski definition) is 1. The van der Waals surface area contributed by atoms with Crippen molar-refractivity contribution in [2.24, 2.45) is 0 Å². The fraction of sp³-hybridized carbons (Fsp3) is 0.320. The summed E-state index contributed by atoms with van der Waals surface area (Å²) in [6.07, 6.45) is 8.63. The van der Waals surface area contributed by atoms with Gasteiger partial charge in [0.25, 0.3) is 0 Å². The second-order valence-corrected chi connectivity index (χ2v) is 8.13. The fourth-order valence-corrected chi connectivity index (χ4v) is 3.81. The van der Waals surface area contributed by atoms with Crippen LogP contribution in [0.15, 0.2) is 66.7 Å². The molecule has 34 heavy (non-hydrogen) atoms. The molecule has 0 saturated carbocycles. The Balaban J connectivity index is 1.60. The molecule has 1 aromatic carbocycles. The number of nitrogens with one attached hydrogen (secondary N) is 1. The van der Waals surface area contributed by atoms with Crippen molar-refractivity contribution in [3.05, 3.63) is 72.5 Å². The van der Waals surface area contributed by atoms with Gasteiger partial charge in [0, 0.05) is 18.3 Å². The predicted molar refractivity (Wildman–Crippen MR) is 124 cm³/mol. The summed E-state index contributed by atoms with van der Waals surface area (Å²) in [4.78, 5) is 12.9. The molecule has 2 heterocycles. The van der Waals surface area contributed by atoms with E-state index in [4.69, 9.17) is 0 Å². The molecule has 1 aliphatic rings. The second-order valence-electron chi connectivity index (χ2n) is 8.13. The van der Waals surface area contributed by atoms with E-state index in [2.05, 4.69) is 38.5 Å². The Kier molecular flexibility index (Phi) is 7.09. The molecule has 1 aliphatic carbocycles. The number of benzene rings is 1. The SMILES string of the molecule is CC(n1cnc(-c2ccc(F)cc2)c1-c1ccnc(NCCCC2=CCCC=C2)n1)C(F)(F)F. The van der Waals surface area contributed by atoms with Crippen LogP contribution in [0.3, 0.4) is 0 Å². The van der Waals surface area contributed by atoms with Crippen LogP contribution >= 0.6 is 0 Å². The zero-order valence-electron chi connectivity index (χ0n) is 18.7. The Morgan fingerprint density at radius 2 is 1.88 bits per heavy atom. The van der Waals surface area contributed by atoms with Crippen LogP contribution in [0.2, 0.25) is 0 Å². The Hall–Kier alpha value is -3.49. The van der Waals surface area contributed by atoms with Gasteiger partial charge in [0.05, 0.1) is 23.4 Å². The Bertz CT molecular complexity index is 1180. The lowest BCUT2D eigenvalue weighted by Gasteiger charge is -2.20. The van der Waals surface area contributed by atoms with E-state index in [-0.39, 0.29) is 11.4 Å². The number of nitrogens with zero attached hydrogens (tertiary/aromatic N) is 4. The first-order valence-corrected chi connectivity index (χ1v) is 11.2. The second kappa shape index (κ2) is 10.2. The van der Waals surface area contributed by atoms with Crippen molar-refractivity contribution in [2.75, 3.05) is 11.9 Å². The highest BCUT2D eigenvalue weighted by molar-refractivity contribution is 5.77. The largest absolute Gasteiger partial charge is 0.408 e. The van der Waals surface area contributed by atoms with Gasteiger partial charge in [0.1, 0.15) is 11.9 Å². The first-order chi connectivity index (χ1) is 16.3. The van der Waals surface area contributed by atoms with Crippen molar-refractivity contribution in [3.8, 4) is 22.6 Å². The minimum Gasteiger partial charge on any atom is -0.354 e. The predicted octanol–water partition coefficient (Wildman–Crippen LogP) is 6.74. The smallest absolute Gasteiger partial charge is 0.354 e. The maximum Gasteiger partial charge on any atom is 0.408 e. The van der Waals surface area contributed by atoms with Crippen LogP contribution < -0.4 is 5.32 Å². The van der Waals surface area contributed by atoms with Crippen molar-refractivity contribution >= 4 is 5.95 Å². The number of rotatable bonds is 8. The van der Waals surface area contributed by atoms with Gasteiger partial charge in [-0.05, 0) is 62.9 Å². The van der Waals surface area contributed by atoms with Gasteiger partial charge < -0.3 is 9.88 Å². The lowest BCUT2D eigenvalue weighted by molar-refractivity contribution is -0.162. The van der Waals surface area contributed by atoms with Crippen molar-refractivity contribution in [1.29, 1.82) is 0 Å². The summed E-state index contributed by atoms with van der Waals surface area (Å²) < 4.78 is 55.2. The van der Waals surface area contributed by atoms with Gasteiger partial charge in [-0.1, -0.05) is 23.8 Å². The molecule has 1 unspecified atom stereocenters. The first kappa shape index (κ1) is 23.7. The molecule has 3 aromatic rings. The minimum absolute atomic E-state index is 0.194. The number of aromatic nitrogens is 4. The van der Waals surface area contributed by atoms with Gasteiger partial charge in [-0.3, -0.25) is 0 Å². The molecule has 0 aliphatic heterocycles. The molecular weight excluding hydrogens is 446 g/mol. The average molecular weight is 472 g/mol. The summed E-state index contributed by atoms with van der Waals surface area (Å²) in [7, 11) is 0. The number of halogens is 4. The van der Waals surface area contributed by atoms with E-state index in [1.807, 2.05) is 0 Å². The third kappa shape index (κ3) is 5.52. The van der Waals surface area contributed by atoms with E-state index in [0.29, 0.717) is 23.8 Å².